The van der Waals surface area contributed by atoms with E-state index in [0.717, 1.165) is 5.56 Å². The van der Waals surface area contributed by atoms with E-state index in [2.05, 4.69) is 9.97 Å². The molecule has 7 nitrogen and oxygen atoms in total. The van der Waals surface area contributed by atoms with Crippen molar-refractivity contribution in [1.82, 2.24) is 14.3 Å². The first-order valence-corrected chi connectivity index (χ1v) is 12.2. The summed E-state index contributed by atoms with van der Waals surface area (Å²) in [4.78, 5) is 10.8. The number of ether oxygens (including phenoxy) is 1. The summed E-state index contributed by atoms with van der Waals surface area (Å²) in [7, 11) is -3.62. The third-order valence-electron chi connectivity index (χ3n) is 5.24. The number of halogens is 2. The van der Waals surface area contributed by atoms with E-state index in [1.807, 2.05) is 30.9 Å². The summed E-state index contributed by atoms with van der Waals surface area (Å²) in [6.07, 6.45) is 1.43. The van der Waals surface area contributed by atoms with E-state index in [0.29, 0.717) is 47.1 Å². The van der Waals surface area contributed by atoms with E-state index >= 15 is 0 Å². The normalized spacial score (nSPS) is 17.4. The highest BCUT2D eigenvalue weighted by molar-refractivity contribution is 7.89. The minimum atomic E-state index is -3.62. The van der Waals surface area contributed by atoms with Crippen molar-refractivity contribution in [3.8, 4) is 11.6 Å². The molecule has 0 N–H and O–H groups in total. The molecule has 1 saturated heterocycles. The smallest absolute Gasteiger partial charge is 0.243 e. The quantitative estimate of drug-likeness (QED) is 0.509. The van der Waals surface area contributed by atoms with Crippen molar-refractivity contribution in [2.24, 2.45) is 0 Å². The van der Waals surface area contributed by atoms with Crippen LogP contribution >= 0.6 is 23.2 Å². The lowest BCUT2D eigenvalue weighted by Crippen LogP contribution is -2.54. The summed E-state index contributed by atoms with van der Waals surface area (Å²) in [5.41, 5.74) is 1.02. The average Bonchev–Trinajstić information content (AvgIpc) is 2.76. The molecule has 168 valence electrons. The maximum Gasteiger partial charge on any atom is 0.243 e. The highest BCUT2D eigenvalue weighted by Crippen LogP contribution is 2.31. The number of anilines is 1. The van der Waals surface area contributed by atoms with Gasteiger partial charge < -0.3 is 9.64 Å². The van der Waals surface area contributed by atoms with Gasteiger partial charge in [0.2, 0.25) is 15.9 Å². The Hall–Kier alpha value is -2.39. The molecule has 1 atom stereocenters. The van der Waals surface area contributed by atoms with Gasteiger partial charge in [-0.1, -0.05) is 29.3 Å². The van der Waals surface area contributed by atoms with Crippen LogP contribution in [0, 0.1) is 6.92 Å². The van der Waals surface area contributed by atoms with E-state index < -0.39 is 10.0 Å². The van der Waals surface area contributed by atoms with Crippen molar-refractivity contribution in [3.63, 3.8) is 0 Å². The lowest BCUT2D eigenvalue weighted by molar-refractivity contribution is 0.305. The van der Waals surface area contributed by atoms with Crippen molar-refractivity contribution >= 4 is 39.0 Å². The number of benzene rings is 2. The van der Waals surface area contributed by atoms with E-state index in [-0.39, 0.29) is 10.9 Å². The van der Waals surface area contributed by atoms with Gasteiger partial charge in [-0.25, -0.2) is 18.4 Å². The maximum atomic E-state index is 13.1. The summed E-state index contributed by atoms with van der Waals surface area (Å²) in [5, 5.41) is 0.987. The Morgan fingerprint density at radius 1 is 1.03 bits per heavy atom. The molecule has 1 fully saturated rings. The van der Waals surface area contributed by atoms with Gasteiger partial charge in [-0.05, 0) is 55.8 Å². The molecule has 0 saturated carbocycles. The molecule has 0 aliphatic carbocycles. The number of aromatic nitrogens is 2. The van der Waals surface area contributed by atoms with Crippen LogP contribution in [0.1, 0.15) is 12.5 Å². The molecule has 0 bridgehead atoms. The molecule has 3 aromatic rings. The number of sulfonamides is 1. The Kier molecular flexibility index (Phi) is 6.57. The van der Waals surface area contributed by atoms with Crippen LogP contribution in [0.4, 0.5) is 5.82 Å². The van der Waals surface area contributed by atoms with Gasteiger partial charge in [0.05, 0.1) is 9.92 Å². The molecule has 2 heterocycles. The minimum absolute atomic E-state index is 0.231. The van der Waals surface area contributed by atoms with Crippen LogP contribution in [0.5, 0.6) is 11.6 Å². The van der Waals surface area contributed by atoms with Crippen LogP contribution < -0.4 is 9.64 Å². The van der Waals surface area contributed by atoms with Crippen LogP contribution in [-0.4, -0.2) is 48.4 Å². The van der Waals surface area contributed by atoms with Crippen molar-refractivity contribution in [2.45, 2.75) is 24.8 Å². The Morgan fingerprint density at radius 2 is 1.78 bits per heavy atom. The fourth-order valence-corrected chi connectivity index (χ4v) is 5.50. The molecular formula is C22H22Cl2N4O3S. The molecule has 0 unspecified atom stereocenters. The molecule has 2 aromatic carbocycles. The van der Waals surface area contributed by atoms with Crippen molar-refractivity contribution < 1.29 is 13.2 Å². The number of hydrogen-bond acceptors (Lipinski definition) is 6. The Morgan fingerprint density at radius 3 is 2.50 bits per heavy atom. The molecule has 1 aliphatic rings. The first kappa shape index (κ1) is 22.8. The lowest BCUT2D eigenvalue weighted by atomic mass is 10.2. The molecule has 0 radical (unpaired) electrons. The summed E-state index contributed by atoms with van der Waals surface area (Å²) in [6.45, 7) is 5.13. The van der Waals surface area contributed by atoms with Crippen LogP contribution in [0.2, 0.25) is 10.0 Å². The zero-order valence-corrected chi connectivity index (χ0v) is 19.9. The fourth-order valence-electron chi connectivity index (χ4n) is 3.61. The van der Waals surface area contributed by atoms with Crippen LogP contribution in [0.25, 0.3) is 0 Å². The zero-order valence-electron chi connectivity index (χ0n) is 17.6. The Balaban J connectivity index is 1.49. The summed E-state index contributed by atoms with van der Waals surface area (Å²) in [6, 6.07) is 13.2. The van der Waals surface area contributed by atoms with E-state index in [1.54, 1.807) is 24.3 Å². The maximum absolute atomic E-state index is 13.1. The van der Waals surface area contributed by atoms with E-state index in [1.165, 1.54) is 22.8 Å². The number of nitrogens with zero attached hydrogens (tertiary/aromatic N) is 4. The number of aryl methyl sites for hydroxylation is 1. The minimum Gasteiger partial charge on any atom is -0.437 e. The Labute approximate surface area is 197 Å². The largest absolute Gasteiger partial charge is 0.437 e. The third kappa shape index (κ3) is 4.83. The van der Waals surface area contributed by atoms with Crippen molar-refractivity contribution in [2.75, 3.05) is 24.5 Å². The molecule has 1 aliphatic heterocycles. The molecule has 1 aromatic heterocycles. The highest BCUT2D eigenvalue weighted by atomic mass is 35.5. The van der Waals surface area contributed by atoms with Gasteiger partial charge in [0.25, 0.3) is 0 Å². The predicted molar refractivity (Wildman–Crippen MR) is 125 cm³/mol. The fraction of sp³-hybridized carbons (Fsp3) is 0.273. The second-order valence-corrected chi connectivity index (χ2v) is 10.3. The molecule has 4 rings (SSSR count). The Bertz CT molecular complexity index is 1220. The van der Waals surface area contributed by atoms with Crippen LogP contribution in [0.3, 0.4) is 0 Å². The second-order valence-electron chi connectivity index (χ2n) is 7.62. The summed E-state index contributed by atoms with van der Waals surface area (Å²) >= 11 is 12.1. The number of hydrogen-bond donors (Lipinski definition) is 0. The van der Waals surface area contributed by atoms with E-state index in [9.17, 15) is 8.42 Å². The monoisotopic (exact) mass is 492 g/mol. The molecule has 10 heteroatoms. The van der Waals surface area contributed by atoms with Gasteiger partial charge in [-0.15, -0.1) is 0 Å². The average molecular weight is 493 g/mol. The predicted octanol–water partition coefficient (Wildman–Crippen LogP) is 4.78. The van der Waals surface area contributed by atoms with Crippen LogP contribution in [0.15, 0.2) is 59.8 Å². The lowest BCUT2D eigenvalue weighted by Gasteiger charge is -2.39. The first-order chi connectivity index (χ1) is 15.2. The first-order valence-electron chi connectivity index (χ1n) is 10.0. The molecular weight excluding hydrogens is 471 g/mol. The van der Waals surface area contributed by atoms with Crippen LogP contribution in [-0.2, 0) is 10.0 Å². The van der Waals surface area contributed by atoms with Crippen molar-refractivity contribution in [3.05, 3.63) is 70.5 Å². The van der Waals surface area contributed by atoms with Gasteiger partial charge >= 0.3 is 0 Å². The summed E-state index contributed by atoms with van der Waals surface area (Å²) in [5.74, 6) is 1.55. The number of rotatable bonds is 5. The second kappa shape index (κ2) is 9.23. The molecule has 0 amide bonds. The van der Waals surface area contributed by atoms with Crippen molar-refractivity contribution in [1.29, 1.82) is 0 Å². The summed E-state index contributed by atoms with van der Waals surface area (Å²) < 4.78 is 33.5. The number of piperazine rings is 1. The molecule has 0 spiro atoms. The zero-order chi connectivity index (χ0) is 22.9. The standard InChI is InChI=1S/C22H22Cl2N4O3S/c1-15-3-8-19(24)20(11-15)31-22-12-21(25-14-26-22)27-9-10-28(16(2)13-27)32(29,30)18-6-4-17(23)5-7-18/h3-8,11-12,14,16H,9-10,13H2,1-2H3/t16-/m1/s1. The highest BCUT2D eigenvalue weighted by Gasteiger charge is 2.34. The topological polar surface area (TPSA) is 75.6 Å². The van der Waals surface area contributed by atoms with Gasteiger partial charge in [-0.2, -0.15) is 4.31 Å². The van der Waals surface area contributed by atoms with Gasteiger partial charge in [0.1, 0.15) is 17.9 Å². The molecule has 32 heavy (non-hydrogen) atoms. The van der Waals surface area contributed by atoms with Gasteiger partial charge in [0.15, 0.2) is 0 Å². The van der Waals surface area contributed by atoms with Gasteiger partial charge in [-0.3, -0.25) is 0 Å². The third-order valence-corrected chi connectivity index (χ3v) is 7.83. The van der Waals surface area contributed by atoms with E-state index in [4.69, 9.17) is 27.9 Å². The SMILES string of the molecule is Cc1ccc(Cl)c(Oc2cc(N3CCN(S(=O)(=O)c4ccc(Cl)cc4)[C@H](C)C3)ncn2)c1. The van der Waals surface area contributed by atoms with Gasteiger partial charge in [0, 0.05) is 36.8 Å².